The molecule has 0 aromatic heterocycles. The standard InChI is InChI=1S/2C12H20F6OP.Ir.2H/c2*1-8(2,3)20(9(4,5)6)7-10(19,11(13,14)15)12(16,17)18;;;/h2*7H2,1-6H3;;;/q2*-1;;2*-1. The van der Waals surface area contributed by atoms with Gasteiger partial charge in [0, 0.05) is 20.1 Å². The smallest absolute Gasteiger partial charge is 0.388 e. The van der Waals surface area contributed by atoms with Gasteiger partial charge < -0.3 is 13.1 Å². The van der Waals surface area contributed by atoms with Crippen LogP contribution in [-0.4, -0.2) is 68.9 Å². The van der Waals surface area contributed by atoms with Gasteiger partial charge in [-0.25, -0.2) is 0 Å². The monoisotopic (exact) mass is 845 g/mol. The SMILES string of the molecule is CC(C)(C)P(CC([O-])(C(F)(F)F)C(F)(F)F)C(C)(C)C.CC(C)(C)P(CC([O-])(C(F)(F)F)C(F)(F)F)C(C)(C)C.[H-].[H-].[Ir]. The molecule has 0 amide bonds. The van der Waals surface area contributed by atoms with E-state index in [1.54, 1.807) is 83.1 Å². The molecule has 17 heteroatoms. The van der Waals surface area contributed by atoms with Crippen LogP contribution in [0, 0.1) is 0 Å². The van der Waals surface area contributed by atoms with Crippen molar-refractivity contribution in [3.05, 3.63) is 0 Å². The molecule has 0 unspecified atom stereocenters. The predicted octanol–water partition coefficient (Wildman–Crippen LogP) is 8.80. The molecule has 0 heterocycles. The van der Waals surface area contributed by atoms with Crippen molar-refractivity contribution in [3.8, 4) is 0 Å². The molecule has 0 aliphatic carbocycles. The van der Waals surface area contributed by atoms with Crippen molar-refractivity contribution in [2.24, 2.45) is 0 Å². The Morgan fingerprint density at radius 2 is 0.512 bits per heavy atom. The summed E-state index contributed by atoms with van der Waals surface area (Å²) in [7, 11) is -3.62. The molecule has 257 valence electrons. The van der Waals surface area contributed by atoms with Crippen LogP contribution in [0.4, 0.5) is 52.7 Å². The second kappa shape index (κ2) is 13.5. The Kier molecular flexibility index (Phi) is 15.2. The third-order valence-electron chi connectivity index (χ3n) is 5.83. The van der Waals surface area contributed by atoms with Gasteiger partial charge >= 0.3 is 24.7 Å². The molecule has 0 atom stereocenters. The first-order valence-corrected chi connectivity index (χ1v) is 15.0. The van der Waals surface area contributed by atoms with E-state index < -0.39 is 84.7 Å². The Bertz CT molecular complexity index is 698. The van der Waals surface area contributed by atoms with Crippen LogP contribution in [0.15, 0.2) is 0 Å². The summed E-state index contributed by atoms with van der Waals surface area (Å²) in [5.41, 5.74) is -9.82. The quantitative estimate of drug-likeness (QED) is 0.210. The third-order valence-corrected chi connectivity index (χ3v) is 13.8. The van der Waals surface area contributed by atoms with Crippen molar-refractivity contribution in [1.29, 1.82) is 0 Å². The fraction of sp³-hybridized carbons (Fsp3) is 1.00. The Hall–Kier alpha value is 0.589. The van der Waals surface area contributed by atoms with Gasteiger partial charge in [-0.05, 0) is 32.9 Å². The Labute approximate surface area is 253 Å². The van der Waals surface area contributed by atoms with E-state index >= 15 is 0 Å². The minimum atomic E-state index is -5.86. The summed E-state index contributed by atoms with van der Waals surface area (Å²) in [5.74, 6) is 0. The molecule has 0 aliphatic heterocycles. The largest absolute Gasteiger partial charge is 1.00 e. The number of alkyl halides is 12. The van der Waals surface area contributed by atoms with Crippen LogP contribution in [0.5, 0.6) is 0 Å². The summed E-state index contributed by atoms with van der Waals surface area (Å²) in [6.07, 6.45) is -26.3. The minimum absolute atomic E-state index is 0. The van der Waals surface area contributed by atoms with Crippen LogP contribution < -0.4 is 10.2 Å². The molecule has 0 bridgehead atoms. The molecule has 0 fully saturated rings. The summed E-state index contributed by atoms with van der Waals surface area (Å²) in [6.45, 7) is 18.8. The maximum atomic E-state index is 12.7. The average molecular weight is 845 g/mol. The van der Waals surface area contributed by atoms with E-state index in [9.17, 15) is 62.9 Å². The van der Waals surface area contributed by atoms with Gasteiger partial charge in [0.25, 0.3) is 0 Å². The van der Waals surface area contributed by atoms with Gasteiger partial charge in [0.05, 0.1) is 11.2 Å². The van der Waals surface area contributed by atoms with E-state index in [2.05, 4.69) is 0 Å². The minimum Gasteiger partial charge on any atom is -1.00 e. The van der Waals surface area contributed by atoms with E-state index in [0.717, 1.165) is 0 Å². The zero-order valence-corrected chi connectivity index (χ0v) is 29.2. The third kappa shape index (κ3) is 12.1. The number of hydrogen-bond acceptors (Lipinski definition) is 2. The molecule has 0 rings (SSSR count). The summed E-state index contributed by atoms with van der Waals surface area (Å²) < 4.78 is 153. The molecule has 41 heavy (non-hydrogen) atoms. The molecule has 0 aromatic carbocycles. The summed E-state index contributed by atoms with van der Waals surface area (Å²) in [5, 5.41) is 20.1. The molecule has 0 spiro atoms. The van der Waals surface area contributed by atoms with Crippen LogP contribution in [0.2, 0.25) is 0 Å². The first kappa shape index (κ1) is 46.0. The second-order valence-corrected chi connectivity index (χ2v) is 21.2. The number of hydrogen-bond donors (Lipinski definition) is 0. The van der Waals surface area contributed by atoms with Gasteiger partial charge in [0.1, 0.15) is 0 Å². The van der Waals surface area contributed by atoms with Crippen LogP contribution in [0.1, 0.15) is 85.9 Å². The molecule has 2 nitrogen and oxygen atoms in total. The zero-order chi connectivity index (χ0) is 33.6. The van der Waals surface area contributed by atoms with Crippen molar-refractivity contribution in [2.75, 3.05) is 12.3 Å². The molecule has 0 aliphatic rings. The molecule has 1 radical (unpaired) electrons. The number of rotatable bonds is 4. The van der Waals surface area contributed by atoms with Crippen LogP contribution in [-0.2, 0) is 20.1 Å². The van der Waals surface area contributed by atoms with Crippen LogP contribution in [0.3, 0.4) is 0 Å². The van der Waals surface area contributed by atoms with Crippen LogP contribution >= 0.6 is 15.8 Å². The molecular formula is C24H42F12IrO2P2-4. The van der Waals surface area contributed by atoms with E-state index in [4.69, 9.17) is 0 Å². The number of halogens is 12. The maximum absolute atomic E-state index is 12.7. The fourth-order valence-corrected chi connectivity index (χ4v) is 11.6. The van der Waals surface area contributed by atoms with Gasteiger partial charge in [-0.3, -0.25) is 0 Å². The first-order valence-electron chi connectivity index (χ1n) is 11.9. The Morgan fingerprint density at radius 3 is 0.585 bits per heavy atom. The molecular weight excluding hydrogens is 802 g/mol. The van der Waals surface area contributed by atoms with Crippen molar-refractivity contribution >= 4 is 15.8 Å². The maximum Gasteiger partial charge on any atom is 0.388 e. The first-order chi connectivity index (χ1) is 16.7. The molecule has 0 saturated heterocycles. The van der Waals surface area contributed by atoms with E-state index in [0.29, 0.717) is 0 Å². The Balaban J connectivity index is -0.000000209. The summed E-state index contributed by atoms with van der Waals surface area (Å²) >= 11 is 0. The zero-order valence-electron chi connectivity index (χ0n) is 27.0. The van der Waals surface area contributed by atoms with E-state index in [1.165, 1.54) is 0 Å². The fourth-order valence-electron chi connectivity index (χ4n) is 4.09. The van der Waals surface area contributed by atoms with Gasteiger partial charge in [0.2, 0.25) is 0 Å². The van der Waals surface area contributed by atoms with Crippen molar-refractivity contribution < 1.29 is 85.9 Å². The van der Waals surface area contributed by atoms with Crippen molar-refractivity contribution in [2.45, 2.75) is 140 Å². The molecule has 0 saturated carbocycles. The predicted molar refractivity (Wildman–Crippen MR) is 134 cm³/mol. The second-order valence-electron chi connectivity index (χ2n) is 13.5. The summed E-state index contributed by atoms with van der Waals surface area (Å²) in [4.78, 5) is 0. The van der Waals surface area contributed by atoms with Gasteiger partial charge in [-0.15, -0.1) is 0 Å². The van der Waals surface area contributed by atoms with Gasteiger partial charge in [-0.1, -0.05) is 98.9 Å². The Morgan fingerprint density at radius 1 is 0.390 bits per heavy atom. The van der Waals surface area contributed by atoms with E-state index in [-0.39, 0.29) is 23.0 Å². The van der Waals surface area contributed by atoms with Gasteiger partial charge in [-0.2, -0.15) is 52.7 Å². The molecule has 0 aromatic rings. The molecule has 0 N–H and O–H groups in total. The normalized spacial score (nSPS) is 15.5. The summed E-state index contributed by atoms with van der Waals surface area (Å²) in [6, 6.07) is 0. The van der Waals surface area contributed by atoms with Crippen molar-refractivity contribution in [1.82, 2.24) is 0 Å². The van der Waals surface area contributed by atoms with Crippen LogP contribution in [0.25, 0.3) is 0 Å². The van der Waals surface area contributed by atoms with Gasteiger partial charge in [0.15, 0.2) is 0 Å². The van der Waals surface area contributed by atoms with Crippen molar-refractivity contribution in [3.63, 3.8) is 0 Å². The van der Waals surface area contributed by atoms with E-state index in [1.807, 2.05) is 0 Å². The topological polar surface area (TPSA) is 46.1 Å². The average Bonchev–Trinajstić information content (AvgIpc) is 2.56.